The topological polar surface area (TPSA) is 103 Å². The second-order valence-electron chi connectivity index (χ2n) is 6.07. The average molecular weight is 404 g/mol. The van der Waals surface area contributed by atoms with E-state index in [9.17, 15) is 9.59 Å². The lowest BCUT2D eigenvalue weighted by atomic mass is 10.1. The molecule has 0 spiro atoms. The summed E-state index contributed by atoms with van der Waals surface area (Å²) in [7, 11) is 4.62. The van der Waals surface area contributed by atoms with E-state index in [0.29, 0.717) is 30.3 Å². The summed E-state index contributed by atoms with van der Waals surface area (Å²) in [4.78, 5) is 26.1. The Morgan fingerprint density at radius 2 is 1.78 bits per heavy atom. The number of benzene rings is 1. The molecule has 0 aliphatic carbocycles. The monoisotopic (exact) mass is 403 g/mol. The van der Waals surface area contributed by atoms with Crippen LogP contribution in [0.25, 0.3) is 0 Å². The molecule has 0 aliphatic heterocycles. The minimum absolute atomic E-state index is 0. The van der Waals surface area contributed by atoms with Gasteiger partial charge in [0.25, 0.3) is 0 Å². The number of rotatable bonds is 10. The van der Waals surface area contributed by atoms with Crippen molar-refractivity contribution in [1.82, 2.24) is 5.32 Å². The SMILES string of the molecule is COCCN(C(=O)CNC(=O)[C@@H](N)C(C)C)c1ccc(OC)c(OC)c1.Cl. The van der Waals surface area contributed by atoms with Gasteiger partial charge in [0.15, 0.2) is 11.5 Å². The number of hydrogen-bond donors (Lipinski definition) is 2. The highest BCUT2D eigenvalue weighted by Gasteiger charge is 2.21. The molecule has 0 bridgehead atoms. The molecular formula is C18H30ClN3O5. The number of hydrogen-bond acceptors (Lipinski definition) is 6. The Balaban J connectivity index is 0.00000676. The number of nitrogens with zero attached hydrogens (tertiary/aromatic N) is 1. The van der Waals surface area contributed by atoms with Crippen LogP contribution in [0.2, 0.25) is 0 Å². The lowest BCUT2D eigenvalue weighted by Crippen LogP contribution is -2.48. The van der Waals surface area contributed by atoms with Gasteiger partial charge in [0.1, 0.15) is 0 Å². The Morgan fingerprint density at radius 1 is 1.15 bits per heavy atom. The van der Waals surface area contributed by atoms with Crippen LogP contribution in [0.3, 0.4) is 0 Å². The zero-order valence-corrected chi connectivity index (χ0v) is 17.3. The number of nitrogens with one attached hydrogen (secondary N) is 1. The van der Waals surface area contributed by atoms with Crippen molar-refractivity contribution in [3.63, 3.8) is 0 Å². The average Bonchev–Trinajstić information content (AvgIpc) is 2.65. The first kappa shape index (κ1) is 25.0. The van der Waals surface area contributed by atoms with Crippen LogP contribution in [0.5, 0.6) is 11.5 Å². The minimum atomic E-state index is -0.656. The Labute approximate surface area is 166 Å². The molecule has 0 saturated carbocycles. The lowest BCUT2D eigenvalue weighted by Gasteiger charge is -2.24. The summed E-state index contributed by atoms with van der Waals surface area (Å²) in [5.74, 6) is 0.421. The van der Waals surface area contributed by atoms with E-state index in [2.05, 4.69) is 5.32 Å². The van der Waals surface area contributed by atoms with Crippen molar-refractivity contribution < 1.29 is 23.8 Å². The number of carbonyl (C=O) groups is 2. The predicted molar refractivity (Wildman–Crippen MR) is 107 cm³/mol. The van der Waals surface area contributed by atoms with Crippen LogP contribution in [-0.4, -0.2) is 58.9 Å². The Morgan fingerprint density at radius 3 is 2.30 bits per heavy atom. The first-order chi connectivity index (χ1) is 12.3. The van der Waals surface area contributed by atoms with Gasteiger partial charge in [-0.3, -0.25) is 9.59 Å². The van der Waals surface area contributed by atoms with Crippen LogP contribution < -0.4 is 25.4 Å². The van der Waals surface area contributed by atoms with Crippen molar-refractivity contribution in [2.24, 2.45) is 11.7 Å². The molecule has 0 unspecified atom stereocenters. The maximum absolute atomic E-state index is 12.6. The number of halogens is 1. The first-order valence-corrected chi connectivity index (χ1v) is 8.40. The third-order valence-corrected chi connectivity index (χ3v) is 3.93. The van der Waals surface area contributed by atoms with E-state index in [-0.39, 0.29) is 36.7 Å². The fraction of sp³-hybridized carbons (Fsp3) is 0.556. The van der Waals surface area contributed by atoms with Crippen LogP contribution >= 0.6 is 12.4 Å². The van der Waals surface area contributed by atoms with Crippen molar-refractivity contribution in [2.45, 2.75) is 19.9 Å². The number of methoxy groups -OCH3 is 3. The molecule has 0 fully saturated rings. The van der Waals surface area contributed by atoms with Crippen molar-refractivity contribution in [3.8, 4) is 11.5 Å². The van der Waals surface area contributed by atoms with Gasteiger partial charge in [0.2, 0.25) is 11.8 Å². The van der Waals surface area contributed by atoms with E-state index in [1.54, 1.807) is 32.4 Å². The summed E-state index contributed by atoms with van der Waals surface area (Å²) in [6, 6.07) is 4.51. The van der Waals surface area contributed by atoms with Gasteiger partial charge < -0.3 is 30.2 Å². The molecule has 1 aromatic carbocycles. The second-order valence-corrected chi connectivity index (χ2v) is 6.07. The number of ether oxygens (including phenoxy) is 3. The number of amides is 2. The summed E-state index contributed by atoms with van der Waals surface area (Å²) in [6.07, 6.45) is 0. The Hall–Kier alpha value is -2.03. The van der Waals surface area contributed by atoms with Gasteiger partial charge in [0.05, 0.1) is 33.4 Å². The molecule has 0 radical (unpaired) electrons. The summed E-state index contributed by atoms with van der Waals surface area (Å²) in [5, 5.41) is 2.59. The maximum atomic E-state index is 12.6. The van der Waals surface area contributed by atoms with Crippen molar-refractivity contribution >= 4 is 29.9 Å². The normalized spacial score (nSPS) is 11.4. The molecule has 0 aliphatic rings. The molecule has 2 amide bonds. The van der Waals surface area contributed by atoms with Gasteiger partial charge in [-0.15, -0.1) is 12.4 Å². The highest BCUT2D eigenvalue weighted by molar-refractivity contribution is 5.97. The zero-order valence-electron chi connectivity index (χ0n) is 16.5. The molecule has 0 saturated heterocycles. The van der Waals surface area contributed by atoms with E-state index < -0.39 is 6.04 Å². The van der Waals surface area contributed by atoms with Gasteiger partial charge in [0, 0.05) is 25.4 Å². The molecule has 1 atom stereocenters. The lowest BCUT2D eigenvalue weighted by molar-refractivity contribution is -0.126. The van der Waals surface area contributed by atoms with Crippen LogP contribution in [0.4, 0.5) is 5.69 Å². The first-order valence-electron chi connectivity index (χ1n) is 8.40. The van der Waals surface area contributed by atoms with Gasteiger partial charge >= 0.3 is 0 Å². The fourth-order valence-corrected chi connectivity index (χ4v) is 2.25. The minimum Gasteiger partial charge on any atom is -0.493 e. The van der Waals surface area contributed by atoms with Gasteiger partial charge in [-0.1, -0.05) is 13.8 Å². The van der Waals surface area contributed by atoms with Gasteiger partial charge in [-0.2, -0.15) is 0 Å². The van der Waals surface area contributed by atoms with E-state index in [0.717, 1.165) is 0 Å². The quantitative estimate of drug-likeness (QED) is 0.608. The van der Waals surface area contributed by atoms with Crippen LogP contribution in [0.15, 0.2) is 18.2 Å². The van der Waals surface area contributed by atoms with Crippen LogP contribution in [0, 0.1) is 5.92 Å². The van der Waals surface area contributed by atoms with E-state index >= 15 is 0 Å². The molecule has 1 aromatic rings. The Bertz CT molecular complexity index is 613. The predicted octanol–water partition coefficient (Wildman–Crippen LogP) is 1.20. The third-order valence-electron chi connectivity index (χ3n) is 3.93. The van der Waals surface area contributed by atoms with Gasteiger partial charge in [-0.05, 0) is 18.1 Å². The molecule has 3 N–H and O–H groups in total. The van der Waals surface area contributed by atoms with Crippen molar-refractivity contribution in [2.75, 3.05) is 45.9 Å². The number of anilines is 1. The highest BCUT2D eigenvalue weighted by atomic mass is 35.5. The zero-order chi connectivity index (χ0) is 19.7. The van der Waals surface area contributed by atoms with Crippen molar-refractivity contribution in [1.29, 1.82) is 0 Å². The van der Waals surface area contributed by atoms with Crippen LogP contribution in [-0.2, 0) is 14.3 Å². The van der Waals surface area contributed by atoms with E-state index in [1.807, 2.05) is 13.8 Å². The molecule has 1 rings (SSSR count). The molecule has 27 heavy (non-hydrogen) atoms. The second kappa shape index (κ2) is 12.4. The number of nitrogens with two attached hydrogens (primary N) is 1. The highest BCUT2D eigenvalue weighted by Crippen LogP contribution is 2.31. The fourth-order valence-electron chi connectivity index (χ4n) is 2.25. The van der Waals surface area contributed by atoms with E-state index in [1.165, 1.54) is 12.0 Å². The largest absolute Gasteiger partial charge is 0.493 e. The maximum Gasteiger partial charge on any atom is 0.246 e. The Kier molecular flexibility index (Phi) is 11.4. The number of carbonyl (C=O) groups excluding carboxylic acids is 2. The summed E-state index contributed by atoms with van der Waals surface area (Å²) in [5.41, 5.74) is 6.41. The van der Waals surface area contributed by atoms with Crippen molar-refractivity contribution in [3.05, 3.63) is 18.2 Å². The van der Waals surface area contributed by atoms with Gasteiger partial charge in [-0.25, -0.2) is 0 Å². The summed E-state index contributed by atoms with van der Waals surface area (Å²) in [6.45, 7) is 4.22. The molecule has 0 aromatic heterocycles. The summed E-state index contributed by atoms with van der Waals surface area (Å²) < 4.78 is 15.6. The smallest absolute Gasteiger partial charge is 0.246 e. The molecule has 9 heteroatoms. The summed E-state index contributed by atoms with van der Waals surface area (Å²) >= 11 is 0. The molecule has 154 valence electrons. The molecule has 8 nitrogen and oxygen atoms in total. The molecule has 0 heterocycles. The standard InChI is InChI=1S/C18H29N3O5.ClH/c1-12(2)17(19)18(23)20-11-16(22)21(8-9-24-3)13-6-7-14(25-4)15(10-13)26-5;/h6-7,10,12,17H,8-9,11,19H2,1-5H3,(H,20,23);1H/t17-;/m0./s1. The van der Waals surface area contributed by atoms with Crippen LogP contribution in [0.1, 0.15) is 13.8 Å². The van der Waals surface area contributed by atoms with E-state index in [4.69, 9.17) is 19.9 Å². The molecular weight excluding hydrogens is 374 g/mol. The third kappa shape index (κ3) is 7.24.